The molecular formula is C28H25N5O4. The summed E-state index contributed by atoms with van der Waals surface area (Å²) in [6.07, 6.45) is 1.55. The van der Waals surface area contributed by atoms with Crippen molar-refractivity contribution in [3.05, 3.63) is 109 Å². The molecule has 3 aromatic carbocycles. The molecule has 0 spiro atoms. The van der Waals surface area contributed by atoms with Gasteiger partial charge in [0.1, 0.15) is 29.6 Å². The molecule has 9 heteroatoms. The molecule has 5 aromatic rings. The number of anilines is 1. The van der Waals surface area contributed by atoms with Gasteiger partial charge in [0.25, 0.3) is 0 Å². The number of furan rings is 1. The van der Waals surface area contributed by atoms with E-state index in [4.69, 9.17) is 9.15 Å². The van der Waals surface area contributed by atoms with Crippen molar-refractivity contribution in [1.29, 1.82) is 0 Å². The highest BCUT2D eigenvalue weighted by Gasteiger charge is 2.33. The third kappa shape index (κ3) is 5.20. The molecule has 1 atom stereocenters. The largest absolute Gasteiger partial charge is 0.497 e. The molecule has 0 aliphatic carbocycles. The molecule has 2 heterocycles. The van der Waals surface area contributed by atoms with E-state index in [0.717, 1.165) is 5.52 Å². The molecule has 0 radical (unpaired) electrons. The second-order valence-corrected chi connectivity index (χ2v) is 8.31. The number of ether oxygens (including phenoxy) is 1. The molecule has 37 heavy (non-hydrogen) atoms. The first-order valence-corrected chi connectivity index (χ1v) is 11.7. The smallest absolute Gasteiger partial charge is 0.249 e. The molecule has 0 saturated carbocycles. The molecule has 5 rings (SSSR count). The van der Waals surface area contributed by atoms with E-state index in [1.54, 1.807) is 49.8 Å². The number of hydrogen-bond acceptors (Lipinski definition) is 6. The molecule has 0 aliphatic heterocycles. The zero-order valence-corrected chi connectivity index (χ0v) is 20.2. The summed E-state index contributed by atoms with van der Waals surface area (Å²) in [5, 5.41) is 11.2. The summed E-state index contributed by atoms with van der Waals surface area (Å²) in [6.45, 7) is 0.0650. The fourth-order valence-electron chi connectivity index (χ4n) is 4.17. The van der Waals surface area contributed by atoms with Crippen LogP contribution in [0.15, 0.2) is 102 Å². The summed E-state index contributed by atoms with van der Waals surface area (Å²) >= 11 is 0. The second kappa shape index (κ2) is 10.8. The lowest BCUT2D eigenvalue weighted by Gasteiger charge is -2.31. The molecule has 186 valence electrons. The van der Waals surface area contributed by atoms with E-state index in [1.807, 2.05) is 54.6 Å². The zero-order valence-electron chi connectivity index (χ0n) is 20.2. The van der Waals surface area contributed by atoms with Gasteiger partial charge in [0, 0.05) is 11.8 Å². The number of para-hydroxylation sites is 1. The van der Waals surface area contributed by atoms with Crippen LogP contribution in [0.5, 0.6) is 5.75 Å². The lowest BCUT2D eigenvalue weighted by atomic mass is 10.0. The summed E-state index contributed by atoms with van der Waals surface area (Å²) in [5.74, 6) is 0.464. The Morgan fingerprint density at radius 1 is 1.00 bits per heavy atom. The Morgan fingerprint density at radius 3 is 2.59 bits per heavy atom. The van der Waals surface area contributed by atoms with Crippen LogP contribution in [-0.2, 0) is 22.7 Å². The van der Waals surface area contributed by atoms with Gasteiger partial charge in [0.2, 0.25) is 11.8 Å². The van der Waals surface area contributed by atoms with Crippen molar-refractivity contribution in [1.82, 2.24) is 20.3 Å². The van der Waals surface area contributed by atoms with Crippen molar-refractivity contribution in [2.75, 3.05) is 12.0 Å². The van der Waals surface area contributed by atoms with Gasteiger partial charge in [-0.15, -0.1) is 5.10 Å². The predicted molar refractivity (Wildman–Crippen MR) is 138 cm³/mol. The normalized spacial score (nSPS) is 11.7. The van der Waals surface area contributed by atoms with Gasteiger partial charge in [0.05, 0.1) is 25.4 Å². The van der Waals surface area contributed by atoms with Crippen LogP contribution in [0, 0.1) is 0 Å². The Morgan fingerprint density at radius 2 is 1.81 bits per heavy atom. The molecule has 9 nitrogen and oxygen atoms in total. The topological polar surface area (TPSA) is 102 Å². The van der Waals surface area contributed by atoms with Gasteiger partial charge in [-0.05, 0) is 42.0 Å². The number of aromatic nitrogens is 3. The van der Waals surface area contributed by atoms with Crippen LogP contribution >= 0.6 is 0 Å². The first-order chi connectivity index (χ1) is 18.1. The average Bonchev–Trinajstić information content (AvgIpc) is 3.61. The van der Waals surface area contributed by atoms with Crippen LogP contribution < -0.4 is 15.0 Å². The monoisotopic (exact) mass is 495 g/mol. The Hall–Kier alpha value is -4.92. The van der Waals surface area contributed by atoms with Crippen molar-refractivity contribution in [2.24, 2.45) is 0 Å². The lowest BCUT2D eigenvalue weighted by Crippen LogP contribution is -2.45. The molecule has 1 N–H and O–H groups in total. The second-order valence-electron chi connectivity index (χ2n) is 8.31. The van der Waals surface area contributed by atoms with Gasteiger partial charge in [-0.2, -0.15) is 0 Å². The minimum absolute atomic E-state index is 0.119. The van der Waals surface area contributed by atoms with Crippen LogP contribution in [0.4, 0.5) is 5.69 Å². The predicted octanol–water partition coefficient (Wildman–Crippen LogP) is 4.12. The number of rotatable bonds is 9. The number of amides is 2. The maximum atomic E-state index is 14.0. The van der Waals surface area contributed by atoms with Crippen molar-refractivity contribution in [3.63, 3.8) is 0 Å². The maximum Gasteiger partial charge on any atom is 0.249 e. The number of nitrogens with zero attached hydrogens (tertiary/aromatic N) is 4. The van der Waals surface area contributed by atoms with Crippen LogP contribution in [0.25, 0.3) is 11.0 Å². The fourth-order valence-corrected chi connectivity index (χ4v) is 4.17. The van der Waals surface area contributed by atoms with E-state index in [-0.39, 0.29) is 24.9 Å². The van der Waals surface area contributed by atoms with E-state index in [9.17, 15) is 9.59 Å². The summed E-state index contributed by atoms with van der Waals surface area (Å²) in [5.41, 5.74) is 2.56. The molecule has 0 bridgehead atoms. The number of hydrogen-bond donors (Lipinski definition) is 1. The van der Waals surface area contributed by atoms with Crippen molar-refractivity contribution >= 4 is 28.5 Å². The SMILES string of the molecule is COc1cccc(N(C(=O)Cn2nnc3ccccc32)C(C(=O)NCc2ccco2)c2ccccc2)c1. The zero-order chi connectivity index (χ0) is 25.6. The summed E-state index contributed by atoms with van der Waals surface area (Å²) in [4.78, 5) is 29.2. The highest BCUT2D eigenvalue weighted by atomic mass is 16.5. The number of carbonyl (C=O) groups is 2. The van der Waals surface area contributed by atoms with E-state index < -0.39 is 6.04 Å². The molecule has 2 amide bonds. The van der Waals surface area contributed by atoms with Crippen LogP contribution in [0.1, 0.15) is 17.4 Å². The summed E-state index contributed by atoms with van der Waals surface area (Å²) in [6, 6.07) is 26.2. The molecule has 0 aliphatic rings. The number of nitrogens with one attached hydrogen (secondary N) is 1. The standard InChI is InChI=1S/C28H25N5O4/c1-36-22-12-7-11-21(17-22)33(26(34)19-32-25-15-6-5-14-24(25)30-31-32)27(20-9-3-2-4-10-20)28(35)29-18-23-13-8-16-37-23/h2-17,27H,18-19H2,1H3,(H,29,35). The van der Waals surface area contributed by atoms with Crippen LogP contribution in [-0.4, -0.2) is 33.9 Å². The number of methoxy groups -OCH3 is 1. The number of carbonyl (C=O) groups excluding carboxylic acids is 2. The van der Waals surface area contributed by atoms with E-state index in [2.05, 4.69) is 15.6 Å². The van der Waals surface area contributed by atoms with Gasteiger partial charge in [-0.1, -0.05) is 53.7 Å². The Kier molecular flexibility index (Phi) is 6.93. The fraction of sp³-hybridized carbons (Fsp3) is 0.143. The lowest BCUT2D eigenvalue weighted by molar-refractivity contribution is -0.127. The Bertz CT molecular complexity index is 1500. The Balaban J connectivity index is 1.55. The Labute approximate surface area is 213 Å². The molecule has 1 unspecified atom stereocenters. The van der Waals surface area contributed by atoms with Gasteiger partial charge < -0.3 is 14.5 Å². The first kappa shape index (κ1) is 23.8. The number of fused-ring (bicyclic) bond motifs is 1. The van der Waals surface area contributed by atoms with Gasteiger partial charge in [-0.25, -0.2) is 4.68 Å². The van der Waals surface area contributed by atoms with Crippen LogP contribution in [0.3, 0.4) is 0 Å². The minimum Gasteiger partial charge on any atom is -0.497 e. The maximum absolute atomic E-state index is 14.0. The van der Waals surface area contributed by atoms with Gasteiger partial charge in [0.15, 0.2) is 0 Å². The summed E-state index contributed by atoms with van der Waals surface area (Å²) in [7, 11) is 1.55. The van der Waals surface area contributed by atoms with Crippen molar-refractivity contribution in [2.45, 2.75) is 19.1 Å². The highest BCUT2D eigenvalue weighted by molar-refractivity contribution is 6.01. The van der Waals surface area contributed by atoms with Crippen LogP contribution in [0.2, 0.25) is 0 Å². The molecular weight excluding hydrogens is 470 g/mol. The molecule has 0 fully saturated rings. The molecule has 0 saturated heterocycles. The average molecular weight is 496 g/mol. The number of benzene rings is 3. The van der Waals surface area contributed by atoms with E-state index in [1.165, 1.54) is 9.58 Å². The van der Waals surface area contributed by atoms with E-state index >= 15 is 0 Å². The first-order valence-electron chi connectivity index (χ1n) is 11.7. The third-order valence-electron chi connectivity index (χ3n) is 5.94. The quantitative estimate of drug-likeness (QED) is 0.330. The van der Waals surface area contributed by atoms with Gasteiger partial charge in [-0.3, -0.25) is 14.5 Å². The van der Waals surface area contributed by atoms with E-state index in [0.29, 0.717) is 28.3 Å². The van der Waals surface area contributed by atoms with Crippen molar-refractivity contribution < 1.29 is 18.7 Å². The van der Waals surface area contributed by atoms with Crippen molar-refractivity contribution in [3.8, 4) is 5.75 Å². The minimum atomic E-state index is -0.967. The van der Waals surface area contributed by atoms with Gasteiger partial charge >= 0.3 is 0 Å². The third-order valence-corrected chi connectivity index (χ3v) is 5.94. The summed E-state index contributed by atoms with van der Waals surface area (Å²) < 4.78 is 12.3. The highest BCUT2D eigenvalue weighted by Crippen LogP contribution is 2.31. The molecule has 2 aromatic heterocycles.